The first-order valence-corrected chi connectivity index (χ1v) is 9.87. The number of hydrogen-bond acceptors (Lipinski definition) is 6. The minimum absolute atomic E-state index is 0.398. The van der Waals surface area contributed by atoms with E-state index in [0.717, 1.165) is 15.2 Å². The molecule has 2 aromatic carbocycles. The first kappa shape index (κ1) is 17.5. The molecule has 0 aliphatic heterocycles. The number of nitrogens with zero attached hydrogens (tertiary/aromatic N) is 3. The number of thioether (sulfide) groups is 1. The Hall–Kier alpha value is -2.91. The number of para-hydroxylation sites is 2. The van der Waals surface area contributed by atoms with Gasteiger partial charge >= 0.3 is 6.03 Å². The zero-order valence-electron chi connectivity index (χ0n) is 14.2. The number of carbonyl (C=O) groups excluding carboxylic acids is 2. The molecule has 4 rings (SSSR count). The molecular weight excluding hydrogens is 382 g/mol. The summed E-state index contributed by atoms with van der Waals surface area (Å²) in [5.41, 5.74) is 1.62. The largest absolute Gasteiger partial charge is 0.325 e. The number of benzene rings is 2. The van der Waals surface area contributed by atoms with Gasteiger partial charge in [-0.1, -0.05) is 53.4 Å². The molecule has 1 atom stereocenters. The Morgan fingerprint density at radius 3 is 2.63 bits per heavy atom. The summed E-state index contributed by atoms with van der Waals surface area (Å²) >= 11 is 2.80. The van der Waals surface area contributed by atoms with Crippen LogP contribution in [0.15, 0.2) is 59.8 Å². The average molecular weight is 397 g/mol. The fraction of sp³-hybridized carbons (Fsp3) is 0.111. The van der Waals surface area contributed by atoms with Crippen LogP contribution in [0.25, 0.3) is 15.2 Å². The number of carbonyl (C=O) groups is 2. The molecule has 9 heteroatoms. The number of rotatable bonds is 4. The molecule has 0 radical (unpaired) electrons. The van der Waals surface area contributed by atoms with E-state index >= 15 is 0 Å². The fourth-order valence-electron chi connectivity index (χ4n) is 2.54. The van der Waals surface area contributed by atoms with Crippen LogP contribution in [0.4, 0.5) is 10.5 Å². The van der Waals surface area contributed by atoms with Crippen molar-refractivity contribution >= 4 is 55.9 Å². The van der Waals surface area contributed by atoms with Gasteiger partial charge in [-0.2, -0.15) is 0 Å². The Morgan fingerprint density at radius 2 is 1.81 bits per heavy atom. The van der Waals surface area contributed by atoms with Crippen LogP contribution in [-0.2, 0) is 4.79 Å². The minimum atomic E-state index is -0.564. The van der Waals surface area contributed by atoms with Crippen LogP contribution in [0.1, 0.15) is 6.92 Å². The predicted molar refractivity (Wildman–Crippen MR) is 107 cm³/mol. The van der Waals surface area contributed by atoms with Crippen LogP contribution >= 0.6 is 23.1 Å². The van der Waals surface area contributed by atoms with Crippen LogP contribution in [-0.4, -0.2) is 31.8 Å². The summed E-state index contributed by atoms with van der Waals surface area (Å²) in [6.45, 7) is 1.73. The van der Waals surface area contributed by atoms with Crippen LogP contribution in [0.2, 0.25) is 0 Å². The molecule has 2 N–H and O–H groups in total. The first-order valence-electron chi connectivity index (χ1n) is 8.18. The van der Waals surface area contributed by atoms with Crippen LogP contribution in [0, 0.1) is 0 Å². The predicted octanol–water partition coefficient (Wildman–Crippen LogP) is 3.77. The summed E-state index contributed by atoms with van der Waals surface area (Å²) in [6.07, 6.45) is 0. The fourth-order valence-corrected chi connectivity index (χ4v) is 4.42. The number of thiazole rings is 1. The van der Waals surface area contributed by atoms with Gasteiger partial charge in [0.25, 0.3) is 0 Å². The number of aromatic nitrogens is 3. The Kier molecular flexibility index (Phi) is 4.78. The smallest absolute Gasteiger partial charge is 0.308 e. The minimum Gasteiger partial charge on any atom is -0.308 e. The van der Waals surface area contributed by atoms with E-state index in [0.29, 0.717) is 10.8 Å². The molecule has 0 bridgehead atoms. The molecule has 0 aliphatic carbocycles. The molecule has 4 aromatic rings. The van der Waals surface area contributed by atoms with Crippen molar-refractivity contribution in [1.82, 2.24) is 19.9 Å². The van der Waals surface area contributed by atoms with Gasteiger partial charge in [0.05, 0.1) is 15.5 Å². The normalized spacial score (nSPS) is 12.2. The van der Waals surface area contributed by atoms with Crippen LogP contribution < -0.4 is 10.6 Å². The number of amides is 3. The van der Waals surface area contributed by atoms with Gasteiger partial charge < -0.3 is 5.32 Å². The number of urea groups is 1. The molecule has 0 aliphatic rings. The van der Waals surface area contributed by atoms with Gasteiger partial charge in [-0.25, -0.2) is 4.79 Å². The monoisotopic (exact) mass is 397 g/mol. The Morgan fingerprint density at radius 1 is 1.07 bits per heavy atom. The number of hydrogen-bond donors (Lipinski definition) is 2. The molecule has 136 valence electrons. The molecule has 0 saturated carbocycles. The molecular formula is C18H15N5O2S2. The molecule has 2 heterocycles. The molecule has 0 unspecified atom stereocenters. The number of imide groups is 1. The molecule has 0 spiro atoms. The van der Waals surface area contributed by atoms with E-state index in [2.05, 4.69) is 20.8 Å². The summed E-state index contributed by atoms with van der Waals surface area (Å²) in [7, 11) is 0. The lowest BCUT2D eigenvalue weighted by Crippen LogP contribution is -2.38. The third-order valence-electron chi connectivity index (χ3n) is 3.83. The molecule has 7 nitrogen and oxygen atoms in total. The summed E-state index contributed by atoms with van der Waals surface area (Å²) in [4.78, 5) is 25.1. The number of fused-ring (bicyclic) bond motifs is 3. The Bertz CT molecular complexity index is 1120. The van der Waals surface area contributed by atoms with Crippen molar-refractivity contribution < 1.29 is 9.59 Å². The van der Waals surface area contributed by atoms with Gasteiger partial charge in [-0.15, -0.1) is 10.2 Å². The summed E-state index contributed by atoms with van der Waals surface area (Å²) < 4.78 is 3.03. The van der Waals surface area contributed by atoms with E-state index in [1.165, 1.54) is 11.8 Å². The maximum atomic E-state index is 12.4. The van der Waals surface area contributed by atoms with E-state index in [1.807, 2.05) is 34.7 Å². The Labute approximate surface area is 162 Å². The average Bonchev–Trinajstić information content (AvgIpc) is 3.22. The van der Waals surface area contributed by atoms with Gasteiger partial charge in [-0.3, -0.25) is 14.5 Å². The van der Waals surface area contributed by atoms with Gasteiger partial charge in [-0.05, 0) is 31.2 Å². The van der Waals surface area contributed by atoms with E-state index < -0.39 is 17.2 Å². The van der Waals surface area contributed by atoms with Crippen LogP contribution in [0.5, 0.6) is 0 Å². The highest BCUT2D eigenvalue weighted by atomic mass is 32.2. The van der Waals surface area contributed by atoms with E-state index in [-0.39, 0.29) is 0 Å². The van der Waals surface area contributed by atoms with Crippen molar-refractivity contribution in [3.63, 3.8) is 0 Å². The number of nitrogens with one attached hydrogen (secondary N) is 2. The molecule has 3 amide bonds. The SMILES string of the molecule is C[C@@H](Sc1nnc2sc3ccccc3n12)C(=O)NC(=O)Nc1ccccc1. The standard InChI is InChI=1S/C18H15N5O2S2/c1-11(15(24)20-16(25)19-12-7-3-2-4-8-12)26-17-21-22-18-23(17)13-9-5-6-10-14(13)27-18/h2-11H,1H3,(H2,19,20,24,25)/t11-/m1/s1. The third-order valence-corrected chi connectivity index (χ3v) is 5.89. The second kappa shape index (κ2) is 7.37. The lowest BCUT2D eigenvalue weighted by molar-refractivity contribution is -0.119. The second-order valence-electron chi connectivity index (χ2n) is 5.74. The third kappa shape index (κ3) is 3.64. The van der Waals surface area contributed by atoms with Crippen molar-refractivity contribution in [1.29, 1.82) is 0 Å². The van der Waals surface area contributed by atoms with Gasteiger partial charge in [0.15, 0.2) is 5.16 Å². The Balaban J connectivity index is 1.45. The lowest BCUT2D eigenvalue weighted by Gasteiger charge is -2.11. The molecule has 0 fully saturated rings. The van der Waals surface area contributed by atoms with Crippen molar-refractivity contribution in [2.45, 2.75) is 17.3 Å². The van der Waals surface area contributed by atoms with Crippen molar-refractivity contribution in [2.75, 3.05) is 5.32 Å². The zero-order valence-corrected chi connectivity index (χ0v) is 15.9. The highest BCUT2D eigenvalue weighted by molar-refractivity contribution is 8.00. The van der Waals surface area contributed by atoms with E-state index in [1.54, 1.807) is 42.5 Å². The van der Waals surface area contributed by atoms with Gasteiger partial charge in [0, 0.05) is 5.69 Å². The number of anilines is 1. The van der Waals surface area contributed by atoms with Crippen molar-refractivity contribution in [2.24, 2.45) is 0 Å². The van der Waals surface area contributed by atoms with E-state index in [9.17, 15) is 9.59 Å². The summed E-state index contributed by atoms with van der Waals surface area (Å²) in [5, 5.41) is 13.4. The van der Waals surface area contributed by atoms with E-state index in [4.69, 9.17) is 0 Å². The zero-order chi connectivity index (χ0) is 18.8. The molecule has 2 aromatic heterocycles. The summed E-state index contributed by atoms with van der Waals surface area (Å²) in [5.74, 6) is -0.398. The van der Waals surface area contributed by atoms with Crippen LogP contribution in [0.3, 0.4) is 0 Å². The second-order valence-corrected chi connectivity index (χ2v) is 8.06. The molecule has 0 saturated heterocycles. The lowest BCUT2D eigenvalue weighted by atomic mass is 10.3. The van der Waals surface area contributed by atoms with Crippen molar-refractivity contribution in [3.05, 3.63) is 54.6 Å². The highest BCUT2D eigenvalue weighted by Crippen LogP contribution is 2.31. The summed E-state index contributed by atoms with van der Waals surface area (Å²) in [6, 6.07) is 16.3. The topological polar surface area (TPSA) is 88.4 Å². The van der Waals surface area contributed by atoms with Gasteiger partial charge in [0.1, 0.15) is 0 Å². The van der Waals surface area contributed by atoms with Crippen molar-refractivity contribution in [3.8, 4) is 0 Å². The quantitative estimate of drug-likeness (QED) is 0.512. The maximum absolute atomic E-state index is 12.4. The first-order chi connectivity index (χ1) is 13.1. The van der Waals surface area contributed by atoms with Gasteiger partial charge in [0.2, 0.25) is 10.9 Å². The maximum Gasteiger partial charge on any atom is 0.325 e. The molecule has 27 heavy (non-hydrogen) atoms. The highest BCUT2D eigenvalue weighted by Gasteiger charge is 2.21.